The lowest BCUT2D eigenvalue weighted by Crippen LogP contribution is -2.42. The van der Waals surface area contributed by atoms with Crippen molar-refractivity contribution < 1.29 is 0 Å². The van der Waals surface area contributed by atoms with Crippen LogP contribution >= 0.6 is 0 Å². The average Bonchev–Trinajstić information content (AvgIpc) is 2.35. The highest BCUT2D eigenvalue weighted by Gasteiger charge is 2.14. The van der Waals surface area contributed by atoms with Gasteiger partial charge in [-0.1, -0.05) is 44.2 Å². The Hall–Kier alpha value is -0.860. The molecule has 0 heterocycles. The van der Waals surface area contributed by atoms with E-state index < -0.39 is 0 Å². The van der Waals surface area contributed by atoms with Gasteiger partial charge in [0.2, 0.25) is 0 Å². The molecule has 1 rings (SSSR count). The van der Waals surface area contributed by atoms with Crippen molar-refractivity contribution in [3.05, 3.63) is 35.9 Å². The first kappa shape index (κ1) is 13.2. The third-order valence-electron chi connectivity index (χ3n) is 3.02. The number of benzene rings is 1. The molecular formula is C14H24N2. The van der Waals surface area contributed by atoms with E-state index in [0.717, 1.165) is 26.1 Å². The summed E-state index contributed by atoms with van der Waals surface area (Å²) in [4.78, 5) is 2.48. The molecule has 1 atom stereocenters. The summed E-state index contributed by atoms with van der Waals surface area (Å²) >= 11 is 0. The lowest BCUT2D eigenvalue weighted by Gasteiger charge is -2.29. The molecule has 1 unspecified atom stereocenters. The molecule has 0 aliphatic rings. The Labute approximate surface area is 99.5 Å². The van der Waals surface area contributed by atoms with Crippen LogP contribution in [0.4, 0.5) is 0 Å². The molecule has 1 aromatic rings. The van der Waals surface area contributed by atoms with Gasteiger partial charge in [0.15, 0.2) is 0 Å². The first-order chi connectivity index (χ1) is 7.81. The minimum Gasteiger partial charge on any atom is -0.329 e. The molecule has 0 aliphatic heterocycles. The first-order valence-corrected chi connectivity index (χ1v) is 6.29. The predicted molar refractivity (Wildman–Crippen MR) is 70.5 cm³/mol. The molecule has 0 amide bonds. The standard InChI is InChI=1S/C14H24N2/c1-3-10-16(4-2)14(12-15)11-13-8-6-5-7-9-13/h5-9,14H,3-4,10-12,15H2,1-2H3. The van der Waals surface area contributed by atoms with E-state index in [-0.39, 0.29) is 0 Å². The summed E-state index contributed by atoms with van der Waals surface area (Å²) in [6, 6.07) is 11.1. The third kappa shape index (κ3) is 3.95. The second kappa shape index (κ2) is 7.42. The molecule has 1 aromatic carbocycles. The summed E-state index contributed by atoms with van der Waals surface area (Å²) < 4.78 is 0. The average molecular weight is 220 g/mol. The van der Waals surface area contributed by atoms with Gasteiger partial charge in [-0.2, -0.15) is 0 Å². The summed E-state index contributed by atoms with van der Waals surface area (Å²) in [6.07, 6.45) is 2.25. The van der Waals surface area contributed by atoms with Gasteiger partial charge in [0, 0.05) is 12.6 Å². The molecule has 0 bridgehead atoms. The summed E-state index contributed by atoms with van der Waals surface area (Å²) in [7, 11) is 0. The normalized spacial score (nSPS) is 13.0. The fraction of sp³-hybridized carbons (Fsp3) is 0.571. The Morgan fingerprint density at radius 2 is 1.88 bits per heavy atom. The van der Waals surface area contributed by atoms with Crippen molar-refractivity contribution in [3.63, 3.8) is 0 Å². The zero-order valence-electron chi connectivity index (χ0n) is 10.5. The molecule has 2 nitrogen and oxygen atoms in total. The van der Waals surface area contributed by atoms with Crippen LogP contribution in [0.1, 0.15) is 25.8 Å². The van der Waals surface area contributed by atoms with Crippen molar-refractivity contribution in [1.82, 2.24) is 4.90 Å². The molecular weight excluding hydrogens is 196 g/mol. The highest BCUT2D eigenvalue weighted by atomic mass is 15.2. The zero-order chi connectivity index (χ0) is 11.8. The van der Waals surface area contributed by atoms with Crippen LogP contribution in [0.15, 0.2) is 30.3 Å². The molecule has 0 fully saturated rings. The van der Waals surface area contributed by atoms with E-state index in [0.29, 0.717) is 6.04 Å². The van der Waals surface area contributed by atoms with Gasteiger partial charge in [0.25, 0.3) is 0 Å². The van der Waals surface area contributed by atoms with E-state index in [1.165, 1.54) is 12.0 Å². The molecule has 90 valence electrons. The Bertz CT molecular complexity index is 271. The van der Waals surface area contributed by atoms with Crippen LogP contribution in [0, 0.1) is 0 Å². The quantitative estimate of drug-likeness (QED) is 0.764. The molecule has 0 aliphatic carbocycles. The van der Waals surface area contributed by atoms with Gasteiger partial charge in [-0.25, -0.2) is 0 Å². The second-order valence-corrected chi connectivity index (χ2v) is 4.21. The predicted octanol–water partition coefficient (Wildman–Crippen LogP) is 2.29. The molecule has 0 saturated heterocycles. The summed E-state index contributed by atoms with van der Waals surface area (Å²) in [6.45, 7) is 7.40. The molecule has 0 radical (unpaired) electrons. The van der Waals surface area contributed by atoms with Crippen LogP contribution in [0.5, 0.6) is 0 Å². The molecule has 0 aromatic heterocycles. The minimum atomic E-state index is 0.479. The number of rotatable bonds is 7. The summed E-state index contributed by atoms with van der Waals surface area (Å²) in [5, 5.41) is 0. The Morgan fingerprint density at radius 3 is 2.38 bits per heavy atom. The summed E-state index contributed by atoms with van der Waals surface area (Å²) in [5.41, 5.74) is 7.27. The van der Waals surface area contributed by atoms with Crippen LogP contribution in [0.3, 0.4) is 0 Å². The fourth-order valence-corrected chi connectivity index (χ4v) is 2.13. The van der Waals surface area contributed by atoms with Crippen LogP contribution in [-0.2, 0) is 6.42 Å². The molecule has 2 heteroatoms. The SMILES string of the molecule is CCCN(CC)C(CN)Cc1ccccc1. The Morgan fingerprint density at radius 1 is 1.19 bits per heavy atom. The van der Waals surface area contributed by atoms with Crippen molar-refractivity contribution in [3.8, 4) is 0 Å². The maximum atomic E-state index is 5.89. The molecule has 2 N–H and O–H groups in total. The molecule has 0 saturated carbocycles. The van der Waals surface area contributed by atoms with Gasteiger partial charge in [-0.05, 0) is 31.5 Å². The van der Waals surface area contributed by atoms with Crippen LogP contribution in [0.25, 0.3) is 0 Å². The highest BCUT2D eigenvalue weighted by Crippen LogP contribution is 2.08. The lowest BCUT2D eigenvalue weighted by atomic mass is 10.0. The fourth-order valence-electron chi connectivity index (χ4n) is 2.13. The second-order valence-electron chi connectivity index (χ2n) is 4.21. The zero-order valence-corrected chi connectivity index (χ0v) is 10.5. The van der Waals surface area contributed by atoms with Crippen molar-refractivity contribution in [2.45, 2.75) is 32.7 Å². The Kier molecular flexibility index (Phi) is 6.12. The van der Waals surface area contributed by atoms with E-state index in [4.69, 9.17) is 5.73 Å². The van der Waals surface area contributed by atoms with Gasteiger partial charge in [0.1, 0.15) is 0 Å². The number of likely N-dealkylation sites (N-methyl/N-ethyl adjacent to an activating group) is 1. The molecule has 16 heavy (non-hydrogen) atoms. The van der Waals surface area contributed by atoms with E-state index in [1.807, 2.05) is 0 Å². The van der Waals surface area contributed by atoms with E-state index >= 15 is 0 Å². The maximum absolute atomic E-state index is 5.89. The van der Waals surface area contributed by atoms with Crippen molar-refractivity contribution in [2.24, 2.45) is 5.73 Å². The van der Waals surface area contributed by atoms with Gasteiger partial charge < -0.3 is 5.73 Å². The van der Waals surface area contributed by atoms with Crippen LogP contribution in [-0.4, -0.2) is 30.6 Å². The number of nitrogens with two attached hydrogens (primary N) is 1. The van der Waals surface area contributed by atoms with E-state index in [2.05, 4.69) is 49.1 Å². The van der Waals surface area contributed by atoms with Gasteiger partial charge >= 0.3 is 0 Å². The van der Waals surface area contributed by atoms with Crippen molar-refractivity contribution >= 4 is 0 Å². The topological polar surface area (TPSA) is 29.3 Å². The highest BCUT2D eigenvalue weighted by molar-refractivity contribution is 5.16. The van der Waals surface area contributed by atoms with Crippen LogP contribution < -0.4 is 5.73 Å². The number of hydrogen-bond donors (Lipinski definition) is 1. The molecule has 0 spiro atoms. The monoisotopic (exact) mass is 220 g/mol. The van der Waals surface area contributed by atoms with E-state index in [1.54, 1.807) is 0 Å². The largest absolute Gasteiger partial charge is 0.329 e. The first-order valence-electron chi connectivity index (χ1n) is 6.29. The van der Waals surface area contributed by atoms with Gasteiger partial charge in [-0.15, -0.1) is 0 Å². The minimum absolute atomic E-state index is 0.479. The van der Waals surface area contributed by atoms with Gasteiger partial charge in [0.05, 0.1) is 0 Å². The van der Waals surface area contributed by atoms with Crippen LogP contribution in [0.2, 0.25) is 0 Å². The lowest BCUT2D eigenvalue weighted by molar-refractivity contribution is 0.209. The Balaban J connectivity index is 2.60. The maximum Gasteiger partial charge on any atom is 0.0258 e. The van der Waals surface area contributed by atoms with Crippen molar-refractivity contribution in [1.29, 1.82) is 0 Å². The number of nitrogens with zero attached hydrogens (tertiary/aromatic N) is 1. The summed E-state index contributed by atoms with van der Waals surface area (Å²) in [5.74, 6) is 0. The smallest absolute Gasteiger partial charge is 0.0258 e. The van der Waals surface area contributed by atoms with Crippen molar-refractivity contribution in [2.75, 3.05) is 19.6 Å². The van der Waals surface area contributed by atoms with E-state index in [9.17, 15) is 0 Å². The third-order valence-corrected chi connectivity index (χ3v) is 3.02. The number of hydrogen-bond acceptors (Lipinski definition) is 2. The van der Waals surface area contributed by atoms with Gasteiger partial charge in [-0.3, -0.25) is 4.90 Å².